The fourth-order valence-corrected chi connectivity index (χ4v) is 1.33. The minimum atomic E-state index is -0.586. The highest BCUT2D eigenvalue weighted by molar-refractivity contribution is 5.93. The van der Waals surface area contributed by atoms with Crippen molar-refractivity contribution in [3.63, 3.8) is 0 Å². The highest BCUT2D eigenvalue weighted by atomic mass is 16.5. The summed E-state index contributed by atoms with van der Waals surface area (Å²) < 4.78 is 4.55. The first-order chi connectivity index (χ1) is 8.69. The van der Waals surface area contributed by atoms with Gasteiger partial charge in [0, 0.05) is 11.5 Å². The summed E-state index contributed by atoms with van der Waals surface area (Å²) >= 11 is 0. The number of carbonyl (C=O) groups is 1. The Bertz CT molecular complexity index is 505. The Hall–Kier alpha value is -2.46. The van der Waals surface area contributed by atoms with E-state index >= 15 is 0 Å². The number of ether oxygens (including phenoxy) is 1. The average molecular weight is 247 g/mol. The molecule has 0 atom stereocenters. The molecule has 1 rings (SSSR count). The summed E-state index contributed by atoms with van der Waals surface area (Å²) in [4.78, 5) is 14.0. The van der Waals surface area contributed by atoms with Crippen LogP contribution >= 0.6 is 0 Å². The van der Waals surface area contributed by atoms with Gasteiger partial charge in [0.15, 0.2) is 0 Å². The number of hydrogen-bond donors (Lipinski definition) is 1. The van der Waals surface area contributed by atoms with Crippen molar-refractivity contribution in [1.29, 1.82) is 0 Å². The van der Waals surface area contributed by atoms with Crippen molar-refractivity contribution < 1.29 is 14.6 Å². The number of phenols is 1. The molecular formula is C12H13N3O3. The molecule has 0 aliphatic heterocycles. The summed E-state index contributed by atoms with van der Waals surface area (Å²) in [6.07, 6.45) is 4.21. The molecule has 0 heterocycles. The molecule has 0 aliphatic carbocycles. The lowest BCUT2D eigenvalue weighted by Gasteiger charge is -2.03. The summed E-state index contributed by atoms with van der Waals surface area (Å²) in [6.45, 7) is 0.384. The molecule has 0 aliphatic rings. The maximum absolute atomic E-state index is 11.3. The first-order valence-corrected chi connectivity index (χ1v) is 5.27. The van der Waals surface area contributed by atoms with Crippen LogP contribution in [0, 0.1) is 0 Å². The van der Waals surface area contributed by atoms with Crippen molar-refractivity contribution in [3.8, 4) is 5.75 Å². The van der Waals surface area contributed by atoms with Gasteiger partial charge < -0.3 is 9.84 Å². The predicted octanol–water partition coefficient (Wildman–Crippen LogP) is 2.89. The van der Waals surface area contributed by atoms with E-state index in [2.05, 4.69) is 14.8 Å². The van der Waals surface area contributed by atoms with Gasteiger partial charge in [0.2, 0.25) is 0 Å². The molecule has 18 heavy (non-hydrogen) atoms. The second-order valence-corrected chi connectivity index (χ2v) is 3.41. The Labute approximate surface area is 104 Å². The molecule has 0 aromatic heterocycles. The van der Waals surface area contributed by atoms with E-state index in [0.29, 0.717) is 13.0 Å². The lowest BCUT2D eigenvalue weighted by molar-refractivity contribution is 0.0597. The van der Waals surface area contributed by atoms with Gasteiger partial charge in [-0.15, -0.1) is 0 Å². The summed E-state index contributed by atoms with van der Waals surface area (Å²) in [7, 11) is 1.25. The molecule has 6 heteroatoms. The molecule has 0 amide bonds. The zero-order chi connectivity index (χ0) is 13.4. The number of benzene rings is 1. The minimum Gasteiger partial charge on any atom is -0.507 e. The number of esters is 1. The van der Waals surface area contributed by atoms with Gasteiger partial charge in [-0.05, 0) is 29.6 Å². The van der Waals surface area contributed by atoms with Gasteiger partial charge in [0.05, 0.1) is 7.11 Å². The largest absolute Gasteiger partial charge is 0.507 e. The number of azide groups is 1. The van der Waals surface area contributed by atoms with Gasteiger partial charge in [-0.3, -0.25) is 0 Å². The third kappa shape index (κ3) is 3.84. The van der Waals surface area contributed by atoms with Crippen LogP contribution in [0.5, 0.6) is 5.75 Å². The molecule has 0 spiro atoms. The summed E-state index contributed by atoms with van der Waals surface area (Å²) in [5, 5.41) is 12.9. The van der Waals surface area contributed by atoms with Gasteiger partial charge in [-0.2, -0.15) is 0 Å². The first kappa shape index (κ1) is 13.6. The number of rotatable bonds is 5. The Balaban J connectivity index is 2.78. The molecule has 1 aromatic carbocycles. The monoisotopic (exact) mass is 247 g/mol. The van der Waals surface area contributed by atoms with Gasteiger partial charge in [0.25, 0.3) is 0 Å². The van der Waals surface area contributed by atoms with Gasteiger partial charge >= 0.3 is 5.97 Å². The Morgan fingerprint density at radius 2 is 2.39 bits per heavy atom. The van der Waals surface area contributed by atoms with E-state index < -0.39 is 5.97 Å². The quantitative estimate of drug-likeness (QED) is 0.285. The van der Waals surface area contributed by atoms with E-state index in [1.807, 2.05) is 6.08 Å². The molecule has 0 fully saturated rings. The molecule has 1 N–H and O–H groups in total. The fourth-order valence-electron chi connectivity index (χ4n) is 1.33. The van der Waals surface area contributed by atoms with E-state index in [1.54, 1.807) is 12.1 Å². The van der Waals surface area contributed by atoms with Gasteiger partial charge in [0.1, 0.15) is 11.3 Å². The van der Waals surface area contributed by atoms with Crippen LogP contribution in [0.15, 0.2) is 29.4 Å². The van der Waals surface area contributed by atoms with Crippen LogP contribution in [-0.4, -0.2) is 24.7 Å². The SMILES string of the molecule is COC(=O)c1cc(C=CCCN=[N+]=[N-])ccc1O. The highest BCUT2D eigenvalue weighted by Gasteiger charge is 2.10. The van der Waals surface area contributed by atoms with E-state index in [4.69, 9.17) is 5.53 Å². The van der Waals surface area contributed by atoms with Crippen LogP contribution in [-0.2, 0) is 4.74 Å². The van der Waals surface area contributed by atoms with Crippen LogP contribution in [0.1, 0.15) is 22.3 Å². The molecule has 94 valence electrons. The maximum Gasteiger partial charge on any atom is 0.341 e. The number of nitrogens with zero attached hydrogens (tertiary/aromatic N) is 3. The van der Waals surface area contributed by atoms with Crippen molar-refractivity contribution in [2.24, 2.45) is 5.11 Å². The van der Waals surface area contributed by atoms with E-state index in [9.17, 15) is 9.90 Å². The maximum atomic E-state index is 11.3. The third-order valence-corrected chi connectivity index (χ3v) is 2.20. The Morgan fingerprint density at radius 1 is 1.61 bits per heavy atom. The van der Waals surface area contributed by atoms with Crippen molar-refractivity contribution in [2.45, 2.75) is 6.42 Å². The smallest absolute Gasteiger partial charge is 0.341 e. The summed E-state index contributed by atoms with van der Waals surface area (Å²) in [5.41, 5.74) is 8.97. The van der Waals surface area contributed by atoms with E-state index in [1.165, 1.54) is 19.2 Å². The zero-order valence-corrected chi connectivity index (χ0v) is 9.91. The standard InChI is InChI=1S/C12H13N3O3/c1-18-12(17)10-8-9(5-6-11(10)16)4-2-3-7-14-15-13/h2,4-6,8,16H,3,7H2,1H3. The van der Waals surface area contributed by atoms with Crippen LogP contribution in [0.4, 0.5) is 0 Å². The minimum absolute atomic E-state index is 0.118. The molecular weight excluding hydrogens is 234 g/mol. The lowest BCUT2D eigenvalue weighted by atomic mass is 10.1. The summed E-state index contributed by atoms with van der Waals surface area (Å²) in [6, 6.07) is 4.64. The van der Waals surface area contributed by atoms with Crippen molar-refractivity contribution in [3.05, 3.63) is 45.8 Å². The number of phenolic OH excluding ortho intramolecular Hbond substituents is 1. The Kier molecular flexibility index (Phi) is 5.28. The van der Waals surface area contributed by atoms with Gasteiger partial charge in [-0.1, -0.05) is 23.3 Å². The third-order valence-electron chi connectivity index (χ3n) is 2.20. The van der Waals surface area contributed by atoms with Crippen molar-refractivity contribution >= 4 is 12.0 Å². The first-order valence-electron chi connectivity index (χ1n) is 5.27. The molecule has 0 unspecified atom stereocenters. The van der Waals surface area contributed by atoms with Gasteiger partial charge in [-0.25, -0.2) is 4.79 Å². The number of aromatic hydroxyl groups is 1. The second-order valence-electron chi connectivity index (χ2n) is 3.41. The van der Waals surface area contributed by atoms with Crippen LogP contribution in [0.3, 0.4) is 0 Å². The van der Waals surface area contributed by atoms with Crippen LogP contribution < -0.4 is 0 Å². The predicted molar refractivity (Wildman–Crippen MR) is 67.1 cm³/mol. The normalized spacial score (nSPS) is 10.1. The molecule has 0 saturated heterocycles. The molecule has 1 aromatic rings. The lowest BCUT2D eigenvalue weighted by Crippen LogP contribution is -2.01. The molecule has 0 bridgehead atoms. The number of carbonyl (C=O) groups excluding carboxylic acids is 1. The molecule has 0 radical (unpaired) electrons. The fraction of sp³-hybridized carbons (Fsp3) is 0.250. The van der Waals surface area contributed by atoms with E-state index in [-0.39, 0.29) is 11.3 Å². The van der Waals surface area contributed by atoms with Crippen molar-refractivity contribution in [2.75, 3.05) is 13.7 Å². The second kappa shape index (κ2) is 6.98. The molecule has 6 nitrogen and oxygen atoms in total. The van der Waals surface area contributed by atoms with Crippen LogP contribution in [0.2, 0.25) is 0 Å². The summed E-state index contributed by atoms with van der Waals surface area (Å²) in [5.74, 6) is -0.704. The number of methoxy groups -OCH3 is 1. The average Bonchev–Trinajstić information content (AvgIpc) is 2.39. The topological polar surface area (TPSA) is 95.3 Å². The highest BCUT2D eigenvalue weighted by Crippen LogP contribution is 2.20. The number of hydrogen-bond acceptors (Lipinski definition) is 4. The zero-order valence-electron chi connectivity index (χ0n) is 9.91. The van der Waals surface area contributed by atoms with Crippen molar-refractivity contribution in [1.82, 2.24) is 0 Å². The molecule has 0 saturated carbocycles. The van der Waals surface area contributed by atoms with E-state index in [0.717, 1.165) is 5.56 Å². The van der Waals surface area contributed by atoms with Crippen LogP contribution in [0.25, 0.3) is 16.5 Å². The Morgan fingerprint density at radius 3 is 3.06 bits per heavy atom.